The summed E-state index contributed by atoms with van der Waals surface area (Å²) in [5.41, 5.74) is 0. The Labute approximate surface area is 62.6 Å². The Hall–Kier alpha value is -1.59. The van der Waals surface area contributed by atoms with Crippen molar-refractivity contribution in [1.82, 2.24) is 14.9 Å². The van der Waals surface area contributed by atoms with Gasteiger partial charge in [-0.15, -0.1) is 5.10 Å². The van der Waals surface area contributed by atoms with Crippen LogP contribution in [-0.4, -0.2) is 25.9 Å². The highest BCUT2D eigenvalue weighted by molar-refractivity contribution is 5.74. The van der Waals surface area contributed by atoms with Gasteiger partial charge in [0.15, 0.2) is 5.82 Å². The maximum Gasteiger partial charge on any atom is 0.314 e. The van der Waals surface area contributed by atoms with Gasteiger partial charge in [0.1, 0.15) is 12.2 Å². The van der Waals surface area contributed by atoms with Crippen LogP contribution in [0.25, 0.3) is 0 Å². The van der Waals surface area contributed by atoms with Gasteiger partial charge in [0.2, 0.25) is 0 Å². The SMILES string of the molecule is CC(C(=O)O)c1ncnn1N. The molecular formula is C5H8N4O2. The van der Waals surface area contributed by atoms with Crippen LogP contribution in [0.5, 0.6) is 0 Å². The number of carboxylic acids is 1. The topological polar surface area (TPSA) is 94.0 Å². The summed E-state index contributed by atoms with van der Waals surface area (Å²) >= 11 is 0. The van der Waals surface area contributed by atoms with Crippen molar-refractivity contribution in [2.24, 2.45) is 0 Å². The van der Waals surface area contributed by atoms with Gasteiger partial charge in [-0.1, -0.05) is 0 Å². The summed E-state index contributed by atoms with van der Waals surface area (Å²) < 4.78 is 0. The predicted octanol–water partition coefficient (Wildman–Crippen LogP) is -0.820. The maximum atomic E-state index is 10.4. The fourth-order valence-electron chi connectivity index (χ4n) is 0.680. The first kappa shape index (κ1) is 7.52. The molecule has 11 heavy (non-hydrogen) atoms. The number of hydrogen-bond acceptors (Lipinski definition) is 4. The molecule has 1 heterocycles. The van der Waals surface area contributed by atoms with Crippen LogP contribution in [0.4, 0.5) is 0 Å². The Morgan fingerprint density at radius 3 is 2.91 bits per heavy atom. The minimum absolute atomic E-state index is 0.248. The van der Waals surface area contributed by atoms with E-state index in [1.165, 1.54) is 13.3 Å². The molecule has 6 heteroatoms. The molecule has 0 aromatic carbocycles. The average Bonchev–Trinajstić information content (AvgIpc) is 2.33. The van der Waals surface area contributed by atoms with Gasteiger partial charge in [-0.25, -0.2) is 4.98 Å². The molecule has 0 saturated heterocycles. The largest absolute Gasteiger partial charge is 0.481 e. The number of carboxylic acid groups (broad SMARTS) is 1. The van der Waals surface area contributed by atoms with E-state index in [2.05, 4.69) is 10.1 Å². The van der Waals surface area contributed by atoms with E-state index < -0.39 is 11.9 Å². The van der Waals surface area contributed by atoms with Crippen molar-refractivity contribution in [3.63, 3.8) is 0 Å². The van der Waals surface area contributed by atoms with Crippen molar-refractivity contribution < 1.29 is 9.90 Å². The van der Waals surface area contributed by atoms with E-state index in [4.69, 9.17) is 10.9 Å². The zero-order chi connectivity index (χ0) is 8.43. The van der Waals surface area contributed by atoms with Gasteiger partial charge in [-0.05, 0) is 6.92 Å². The lowest BCUT2D eigenvalue weighted by Crippen LogP contribution is -2.20. The van der Waals surface area contributed by atoms with E-state index >= 15 is 0 Å². The number of hydrogen-bond donors (Lipinski definition) is 2. The number of rotatable bonds is 2. The van der Waals surface area contributed by atoms with Crippen molar-refractivity contribution in [1.29, 1.82) is 0 Å². The third kappa shape index (κ3) is 1.28. The van der Waals surface area contributed by atoms with Gasteiger partial charge < -0.3 is 10.9 Å². The fraction of sp³-hybridized carbons (Fsp3) is 0.400. The standard InChI is InChI=1S/C5H8N4O2/c1-3(5(10)11)4-7-2-8-9(4)6/h2-3H,6H2,1H3,(H,10,11). The molecule has 1 aromatic heterocycles. The summed E-state index contributed by atoms with van der Waals surface area (Å²) in [5.74, 6) is 3.82. The van der Waals surface area contributed by atoms with E-state index in [0.717, 1.165) is 4.79 Å². The van der Waals surface area contributed by atoms with Gasteiger partial charge in [-0.3, -0.25) is 4.79 Å². The normalized spacial score (nSPS) is 12.8. The van der Waals surface area contributed by atoms with Gasteiger partial charge in [0, 0.05) is 0 Å². The minimum atomic E-state index is -0.968. The van der Waals surface area contributed by atoms with Crippen molar-refractivity contribution in [3.8, 4) is 0 Å². The van der Waals surface area contributed by atoms with Crippen LogP contribution in [0.1, 0.15) is 18.7 Å². The first-order chi connectivity index (χ1) is 5.13. The van der Waals surface area contributed by atoms with Crippen LogP contribution >= 0.6 is 0 Å². The Morgan fingerprint density at radius 1 is 1.91 bits per heavy atom. The highest BCUT2D eigenvalue weighted by Crippen LogP contribution is 2.08. The Kier molecular flexibility index (Phi) is 1.75. The third-order valence-corrected chi connectivity index (χ3v) is 1.36. The summed E-state index contributed by atoms with van der Waals surface area (Å²) in [6, 6.07) is 0. The van der Waals surface area contributed by atoms with Crippen LogP contribution in [0, 0.1) is 0 Å². The van der Waals surface area contributed by atoms with Crippen LogP contribution in [0.3, 0.4) is 0 Å². The Morgan fingerprint density at radius 2 is 2.55 bits per heavy atom. The molecule has 3 N–H and O–H groups in total. The predicted molar refractivity (Wildman–Crippen MR) is 36.2 cm³/mol. The van der Waals surface area contributed by atoms with E-state index in [-0.39, 0.29) is 5.82 Å². The van der Waals surface area contributed by atoms with E-state index in [9.17, 15) is 4.79 Å². The molecule has 0 spiro atoms. The molecular weight excluding hydrogens is 148 g/mol. The molecule has 0 fully saturated rings. The smallest absolute Gasteiger partial charge is 0.314 e. The minimum Gasteiger partial charge on any atom is -0.481 e. The summed E-state index contributed by atoms with van der Waals surface area (Å²) in [6.07, 6.45) is 1.22. The highest BCUT2D eigenvalue weighted by atomic mass is 16.4. The second kappa shape index (κ2) is 2.57. The lowest BCUT2D eigenvalue weighted by atomic mass is 10.2. The van der Waals surface area contributed by atoms with Gasteiger partial charge in [0.05, 0.1) is 0 Å². The molecule has 0 bridgehead atoms. The van der Waals surface area contributed by atoms with Crippen LogP contribution in [0.2, 0.25) is 0 Å². The lowest BCUT2D eigenvalue weighted by molar-refractivity contribution is -0.138. The molecule has 0 saturated carbocycles. The number of nitrogens with zero attached hydrogens (tertiary/aromatic N) is 3. The first-order valence-corrected chi connectivity index (χ1v) is 3.00. The fourth-order valence-corrected chi connectivity index (χ4v) is 0.680. The van der Waals surface area contributed by atoms with E-state index in [1.807, 2.05) is 0 Å². The van der Waals surface area contributed by atoms with Crippen molar-refractivity contribution in [2.75, 3.05) is 5.84 Å². The van der Waals surface area contributed by atoms with Crippen LogP contribution in [-0.2, 0) is 4.79 Å². The molecule has 1 unspecified atom stereocenters. The summed E-state index contributed by atoms with van der Waals surface area (Å²) in [6.45, 7) is 1.50. The number of carbonyl (C=O) groups is 1. The Bertz CT molecular complexity index is 269. The highest BCUT2D eigenvalue weighted by Gasteiger charge is 2.18. The second-order valence-corrected chi connectivity index (χ2v) is 2.12. The number of aliphatic carboxylic acids is 1. The molecule has 0 amide bonds. The molecule has 0 aliphatic heterocycles. The summed E-state index contributed by atoms with van der Waals surface area (Å²) in [7, 11) is 0. The number of nitrogen functional groups attached to an aromatic ring is 1. The molecule has 1 aromatic rings. The number of nitrogens with two attached hydrogens (primary N) is 1. The molecule has 6 nitrogen and oxygen atoms in total. The first-order valence-electron chi connectivity index (χ1n) is 3.00. The zero-order valence-corrected chi connectivity index (χ0v) is 5.93. The molecule has 0 radical (unpaired) electrons. The van der Waals surface area contributed by atoms with E-state index in [0.29, 0.717) is 0 Å². The second-order valence-electron chi connectivity index (χ2n) is 2.12. The number of aromatic nitrogens is 3. The van der Waals surface area contributed by atoms with Crippen LogP contribution in [0.15, 0.2) is 6.33 Å². The van der Waals surface area contributed by atoms with Gasteiger partial charge in [0.25, 0.3) is 0 Å². The van der Waals surface area contributed by atoms with Crippen molar-refractivity contribution >= 4 is 5.97 Å². The molecule has 0 aliphatic carbocycles. The zero-order valence-electron chi connectivity index (χ0n) is 5.93. The maximum absolute atomic E-state index is 10.4. The van der Waals surface area contributed by atoms with Gasteiger partial charge >= 0.3 is 5.97 Å². The Balaban J connectivity index is 2.92. The van der Waals surface area contributed by atoms with Gasteiger partial charge in [-0.2, -0.15) is 4.79 Å². The average molecular weight is 156 g/mol. The molecule has 1 rings (SSSR count). The van der Waals surface area contributed by atoms with Crippen molar-refractivity contribution in [2.45, 2.75) is 12.8 Å². The summed E-state index contributed by atoms with van der Waals surface area (Å²) in [5, 5.41) is 12.1. The quantitative estimate of drug-likeness (QED) is 0.545. The molecule has 60 valence electrons. The lowest BCUT2D eigenvalue weighted by Gasteiger charge is -2.02. The monoisotopic (exact) mass is 156 g/mol. The van der Waals surface area contributed by atoms with Crippen molar-refractivity contribution in [3.05, 3.63) is 12.2 Å². The molecule has 0 aliphatic rings. The third-order valence-electron chi connectivity index (χ3n) is 1.36. The summed E-state index contributed by atoms with van der Waals surface area (Å²) in [4.78, 5) is 15.1. The van der Waals surface area contributed by atoms with E-state index in [1.54, 1.807) is 0 Å². The molecule has 1 atom stereocenters. The van der Waals surface area contributed by atoms with Crippen LogP contribution < -0.4 is 5.84 Å².